The molecular formula is C26H39NO2. The van der Waals surface area contributed by atoms with Crippen LogP contribution < -0.4 is 5.48 Å². The van der Waals surface area contributed by atoms with Gasteiger partial charge >= 0.3 is 0 Å². The minimum absolute atomic E-state index is 0.0140. The van der Waals surface area contributed by atoms with Gasteiger partial charge in [0.1, 0.15) is 5.78 Å². The average Bonchev–Trinajstić information content (AvgIpc) is 2.98. The molecule has 4 fully saturated rings. The topological polar surface area (TPSA) is 38.3 Å². The predicted molar refractivity (Wildman–Crippen MR) is 116 cm³/mol. The van der Waals surface area contributed by atoms with Crippen molar-refractivity contribution in [1.29, 1.82) is 0 Å². The maximum Gasteiger partial charge on any atom is 0.136 e. The third-order valence-corrected chi connectivity index (χ3v) is 10.7. The van der Waals surface area contributed by atoms with Gasteiger partial charge in [-0.3, -0.25) is 15.1 Å². The lowest BCUT2D eigenvalue weighted by Gasteiger charge is -2.60. The summed E-state index contributed by atoms with van der Waals surface area (Å²) in [5, 5.41) is 0. The van der Waals surface area contributed by atoms with Crippen molar-refractivity contribution < 1.29 is 9.63 Å². The first-order valence-corrected chi connectivity index (χ1v) is 12.1. The molecule has 7 unspecified atom stereocenters. The molecule has 4 saturated carbocycles. The minimum atomic E-state index is -0.0140. The highest BCUT2D eigenvalue weighted by molar-refractivity contribution is 5.84. The lowest BCUT2D eigenvalue weighted by molar-refractivity contribution is -0.147. The smallest absolute Gasteiger partial charge is 0.136 e. The third-order valence-electron chi connectivity index (χ3n) is 10.7. The van der Waals surface area contributed by atoms with Crippen LogP contribution in [0.25, 0.3) is 0 Å². The molecule has 7 atom stereocenters. The van der Waals surface area contributed by atoms with Gasteiger partial charge in [-0.1, -0.05) is 38.3 Å². The second-order valence-corrected chi connectivity index (χ2v) is 11.3. The van der Waals surface area contributed by atoms with E-state index in [1.54, 1.807) is 12.7 Å². The lowest BCUT2D eigenvalue weighted by atomic mass is 9.44. The van der Waals surface area contributed by atoms with Crippen molar-refractivity contribution >= 4 is 5.78 Å². The number of Topliss-reactive ketones (excluding diaryl/α,β-unsaturated/α-hetero) is 1. The molecule has 0 radical (unpaired) electrons. The van der Waals surface area contributed by atoms with Crippen LogP contribution in [0.5, 0.6) is 0 Å². The van der Waals surface area contributed by atoms with Crippen molar-refractivity contribution in [2.24, 2.45) is 39.9 Å². The number of carbonyl (C=O) groups is 1. The quantitative estimate of drug-likeness (QED) is 0.596. The zero-order chi connectivity index (χ0) is 20.4. The number of hydroxylamine groups is 1. The standard InChI is InChI=1S/C26H39NO2/c1-17(28)26-12-6-5-7-19(26)16-23-21-9-8-18-15-20(27-29-4)10-13-24(18,2)22(21)11-14-25(23,26)3/h10,15,19,21-23,27H,5-9,11-14,16H2,1-4H3. The molecule has 3 nitrogen and oxygen atoms in total. The summed E-state index contributed by atoms with van der Waals surface area (Å²) < 4.78 is 0. The Morgan fingerprint density at radius 1 is 1.14 bits per heavy atom. The van der Waals surface area contributed by atoms with Crippen LogP contribution in [0.1, 0.15) is 85.0 Å². The van der Waals surface area contributed by atoms with Crippen molar-refractivity contribution in [3.8, 4) is 0 Å². The Morgan fingerprint density at radius 2 is 1.97 bits per heavy atom. The molecule has 0 aromatic rings. The summed E-state index contributed by atoms with van der Waals surface area (Å²) in [6, 6.07) is 0. The van der Waals surface area contributed by atoms with Gasteiger partial charge in [0.2, 0.25) is 0 Å². The molecule has 5 rings (SSSR count). The minimum Gasteiger partial charge on any atom is -0.299 e. The van der Waals surface area contributed by atoms with E-state index in [0.717, 1.165) is 36.3 Å². The summed E-state index contributed by atoms with van der Waals surface area (Å²) in [6.07, 6.45) is 17.3. The summed E-state index contributed by atoms with van der Waals surface area (Å²) in [4.78, 5) is 18.3. The Labute approximate surface area is 176 Å². The molecule has 0 aromatic heterocycles. The third kappa shape index (κ3) is 2.49. The zero-order valence-electron chi connectivity index (χ0n) is 18.9. The summed E-state index contributed by atoms with van der Waals surface area (Å²) in [6.45, 7) is 6.99. The van der Waals surface area contributed by atoms with Gasteiger partial charge < -0.3 is 0 Å². The van der Waals surface area contributed by atoms with E-state index in [2.05, 4.69) is 31.5 Å². The van der Waals surface area contributed by atoms with Gasteiger partial charge in [0, 0.05) is 5.41 Å². The van der Waals surface area contributed by atoms with Gasteiger partial charge in [0.05, 0.1) is 12.8 Å². The second kappa shape index (κ2) is 6.70. The van der Waals surface area contributed by atoms with E-state index >= 15 is 0 Å². The number of hydrogen-bond acceptors (Lipinski definition) is 3. The maximum atomic E-state index is 13.2. The maximum absolute atomic E-state index is 13.2. The van der Waals surface area contributed by atoms with Gasteiger partial charge in [0.15, 0.2) is 0 Å². The fourth-order valence-corrected chi connectivity index (χ4v) is 9.40. The Bertz CT molecular complexity index is 769. The van der Waals surface area contributed by atoms with Crippen LogP contribution in [-0.4, -0.2) is 12.9 Å². The number of ketones is 1. The van der Waals surface area contributed by atoms with Crippen molar-refractivity contribution in [3.63, 3.8) is 0 Å². The molecule has 3 heteroatoms. The van der Waals surface area contributed by atoms with Crippen molar-refractivity contribution in [3.05, 3.63) is 23.4 Å². The first-order chi connectivity index (χ1) is 13.9. The Balaban J connectivity index is 1.48. The largest absolute Gasteiger partial charge is 0.299 e. The zero-order valence-corrected chi connectivity index (χ0v) is 18.9. The van der Waals surface area contributed by atoms with Crippen LogP contribution >= 0.6 is 0 Å². The van der Waals surface area contributed by atoms with Crippen LogP contribution in [0.4, 0.5) is 0 Å². The van der Waals surface area contributed by atoms with Crippen molar-refractivity contribution in [2.45, 2.75) is 85.0 Å². The number of hydrogen-bond donors (Lipinski definition) is 1. The van der Waals surface area contributed by atoms with Gasteiger partial charge in [0.25, 0.3) is 0 Å². The van der Waals surface area contributed by atoms with E-state index in [1.807, 2.05) is 6.92 Å². The van der Waals surface area contributed by atoms with E-state index in [0.29, 0.717) is 17.1 Å². The fourth-order valence-electron chi connectivity index (χ4n) is 9.40. The highest BCUT2D eigenvalue weighted by atomic mass is 16.6. The van der Waals surface area contributed by atoms with E-state index in [-0.39, 0.29) is 10.8 Å². The van der Waals surface area contributed by atoms with Crippen LogP contribution in [0.15, 0.2) is 23.4 Å². The monoisotopic (exact) mass is 397 g/mol. The van der Waals surface area contributed by atoms with Gasteiger partial charge in [-0.05, 0) is 98.9 Å². The molecule has 1 N–H and O–H groups in total. The molecular weight excluding hydrogens is 358 g/mol. The molecule has 160 valence electrons. The van der Waals surface area contributed by atoms with Crippen LogP contribution in [0.2, 0.25) is 0 Å². The molecule has 0 aromatic carbocycles. The lowest BCUT2D eigenvalue weighted by Crippen LogP contribution is -2.55. The predicted octanol–water partition coefficient (Wildman–Crippen LogP) is 5.97. The highest BCUT2D eigenvalue weighted by Gasteiger charge is 2.68. The second-order valence-electron chi connectivity index (χ2n) is 11.3. The van der Waals surface area contributed by atoms with Crippen molar-refractivity contribution in [2.75, 3.05) is 7.11 Å². The Morgan fingerprint density at radius 3 is 2.72 bits per heavy atom. The normalized spacial score (nSPS) is 48.4. The van der Waals surface area contributed by atoms with Gasteiger partial charge in [-0.2, -0.15) is 0 Å². The number of allylic oxidation sites excluding steroid dienone is 3. The number of fused-ring (bicyclic) bond motifs is 7. The van der Waals surface area contributed by atoms with Crippen LogP contribution in [-0.2, 0) is 9.63 Å². The SMILES string of the molecule is CONC1=CCC2(C)C(=C1)CCC1C2CCC2(C)C1CC1CCCCC12C(C)=O. The number of carbonyl (C=O) groups excluding carboxylic acids is 1. The van der Waals surface area contributed by atoms with Gasteiger partial charge in [-0.25, -0.2) is 0 Å². The first kappa shape index (κ1) is 19.8. The molecule has 0 aliphatic heterocycles. The summed E-state index contributed by atoms with van der Waals surface area (Å²) >= 11 is 0. The van der Waals surface area contributed by atoms with Gasteiger partial charge in [-0.15, -0.1) is 0 Å². The van der Waals surface area contributed by atoms with E-state index in [9.17, 15) is 4.79 Å². The molecule has 0 spiro atoms. The summed E-state index contributed by atoms with van der Waals surface area (Å²) in [5.41, 5.74) is 6.31. The summed E-state index contributed by atoms with van der Waals surface area (Å²) in [5.74, 6) is 3.47. The van der Waals surface area contributed by atoms with Crippen LogP contribution in [0, 0.1) is 39.9 Å². The molecule has 5 aliphatic rings. The number of nitrogens with one attached hydrogen (secondary N) is 1. The summed E-state index contributed by atoms with van der Waals surface area (Å²) in [7, 11) is 1.69. The fraction of sp³-hybridized carbons (Fsp3) is 0.808. The van der Waals surface area contributed by atoms with Crippen LogP contribution in [0.3, 0.4) is 0 Å². The highest BCUT2D eigenvalue weighted by Crippen LogP contribution is 2.73. The molecule has 0 amide bonds. The average molecular weight is 398 g/mol. The van der Waals surface area contributed by atoms with E-state index in [4.69, 9.17) is 4.84 Å². The number of rotatable bonds is 3. The van der Waals surface area contributed by atoms with Crippen molar-refractivity contribution in [1.82, 2.24) is 5.48 Å². The molecule has 0 bridgehead atoms. The Kier molecular flexibility index (Phi) is 4.59. The van der Waals surface area contributed by atoms with E-state index in [1.165, 1.54) is 51.4 Å². The first-order valence-electron chi connectivity index (χ1n) is 12.1. The molecule has 29 heavy (non-hydrogen) atoms. The molecule has 0 heterocycles. The molecule has 5 aliphatic carbocycles. The van der Waals surface area contributed by atoms with E-state index < -0.39 is 0 Å². The Hall–Kier alpha value is -1.09. The molecule has 0 saturated heterocycles.